The van der Waals surface area contributed by atoms with Gasteiger partial charge in [-0.2, -0.15) is 0 Å². The molecule has 0 amide bonds. The number of rotatable bonds is 1. The van der Waals surface area contributed by atoms with Crippen molar-refractivity contribution in [3.05, 3.63) is 35.9 Å². The molecule has 0 bridgehead atoms. The predicted molar refractivity (Wildman–Crippen MR) is 46.0 cm³/mol. The zero-order valence-electron chi connectivity index (χ0n) is 6.44. The summed E-state index contributed by atoms with van der Waals surface area (Å²) in [5.41, 5.74) is 1.02. The van der Waals surface area contributed by atoms with Crippen molar-refractivity contribution in [1.82, 2.24) is 0 Å². The van der Waals surface area contributed by atoms with E-state index in [-0.39, 0.29) is 0 Å². The van der Waals surface area contributed by atoms with Gasteiger partial charge in [-0.1, -0.05) is 24.3 Å². The lowest BCUT2D eigenvalue weighted by atomic mass is 10.1. The van der Waals surface area contributed by atoms with Crippen LogP contribution >= 0.6 is 0 Å². The molecule has 0 aromatic heterocycles. The van der Waals surface area contributed by atoms with Crippen LogP contribution in [0.1, 0.15) is 5.56 Å². The fourth-order valence-corrected chi connectivity index (χ4v) is 1.18. The Bertz CT molecular complexity index is 328. The molecular formula is C10H8O2. The van der Waals surface area contributed by atoms with Crippen LogP contribution < -0.4 is 4.74 Å². The summed E-state index contributed by atoms with van der Waals surface area (Å²) in [4.78, 5) is 10.4. The van der Waals surface area contributed by atoms with E-state index >= 15 is 0 Å². The van der Waals surface area contributed by atoms with Crippen molar-refractivity contribution in [3.8, 4) is 5.75 Å². The van der Waals surface area contributed by atoms with E-state index in [9.17, 15) is 4.79 Å². The number of carbonyl (C=O) groups excluding carboxylic acids is 1. The Morgan fingerprint density at radius 1 is 1.33 bits per heavy atom. The van der Waals surface area contributed by atoms with Gasteiger partial charge in [0.25, 0.3) is 0 Å². The highest BCUT2D eigenvalue weighted by molar-refractivity contribution is 5.69. The highest BCUT2D eigenvalue weighted by Gasteiger charge is 2.11. The Morgan fingerprint density at radius 2 is 2.17 bits per heavy atom. The van der Waals surface area contributed by atoms with Crippen molar-refractivity contribution in [1.29, 1.82) is 0 Å². The molecule has 0 saturated carbocycles. The third kappa shape index (κ3) is 1.11. The van der Waals surface area contributed by atoms with E-state index in [0.717, 1.165) is 17.6 Å². The molecule has 0 aliphatic carbocycles. The molecule has 1 aromatic rings. The highest BCUT2D eigenvalue weighted by atomic mass is 16.5. The van der Waals surface area contributed by atoms with Gasteiger partial charge in [0.15, 0.2) is 12.4 Å². The number of carbonyl (C=O) groups is 1. The monoisotopic (exact) mass is 160 g/mol. The zero-order chi connectivity index (χ0) is 8.39. The number of aldehydes is 1. The zero-order valence-corrected chi connectivity index (χ0v) is 6.44. The first-order valence-electron chi connectivity index (χ1n) is 3.79. The van der Waals surface area contributed by atoms with Crippen LogP contribution in [0.25, 0.3) is 6.08 Å². The summed E-state index contributed by atoms with van der Waals surface area (Å²) in [6.07, 6.45) is 4.01. The molecule has 0 N–H and O–H groups in total. The van der Waals surface area contributed by atoms with E-state index in [1.165, 1.54) is 0 Å². The van der Waals surface area contributed by atoms with Gasteiger partial charge < -0.3 is 4.74 Å². The first kappa shape index (κ1) is 7.10. The second-order valence-electron chi connectivity index (χ2n) is 2.62. The standard InChI is InChI=1S/C10H8O2/c11-7-9-6-5-8-3-1-2-4-10(8)12-9/h1-7,9H. The van der Waals surface area contributed by atoms with E-state index in [1.54, 1.807) is 6.08 Å². The summed E-state index contributed by atoms with van der Waals surface area (Å²) >= 11 is 0. The molecule has 0 saturated heterocycles. The summed E-state index contributed by atoms with van der Waals surface area (Å²) in [5, 5.41) is 0. The maximum atomic E-state index is 10.4. The molecule has 60 valence electrons. The Hall–Kier alpha value is -1.57. The van der Waals surface area contributed by atoms with E-state index in [1.807, 2.05) is 30.3 Å². The molecule has 1 aromatic carbocycles. The first-order valence-corrected chi connectivity index (χ1v) is 3.79. The van der Waals surface area contributed by atoms with Crippen LogP contribution in [0, 0.1) is 0 Å². The minimum absolute atomic E-state index is 0.417. The third-order valence-electron chi connectivity index (χ3n) is 1.78. The average Bonchev–Trinajstić information content (AvgIpc) is 2.17. The smallest absolute Gasteiger partial charge is 0.172 e. The van der Waals surface area contributed by atoms with Crippen LogP contribution in [0.4, 0.5) is 0 Å². The molecule has 0 spiro atoms. The normalized spacial score (nSPS) is 19.5. The van der Waals surface area contributed by atoms with Gasteiger partial charge >= 0.3 is 0 Å². The van der Waals surface area contributed by atoms with E-state index < -0.39 is 6.10 Å². The van der Waals surface area contributed by atoms with Crippen molar-refractivity contribution in [2.75, 3.05) is 0 Å². The first-order chi connectivity index (χ1) is 5.90. The third-order valence-corrected chi connectivity index (χ3v) is 1.78. The fraction of sp³-hybridized carbons (Fsp3) is 0.100. The number of ether oxygens (including phenoxy) is 1. The number of para-hydroxylation sites is 1. The van der Waals surface area contributed by atoms with Gasteiger partial charge in [-0.15, -0.1) is 0 Å². The molecule has 2 heteroatoms. The second kappa shape index (κ2) is 2.81. The van der Waals surface area contributed by atoms with Gasteiger partial charge in [0.05, 0.1) is 0 Å². The minimum atomic E-state index is -0.417. The largest absolute Gasteiger partial charge is 0.478 e. The topological polar surface area (TPSA) is 26.3 Å². The van der Waals surface area contributed by atoms with Gasteiger partial charge in [-0.05, 0) is 12.1 Å². The molecule has 1 aliphatic rings. The summed E-state index contributed by atoms with van der Waals surface area (Å²) in [7, 11) is 0. The molecule has 1 unspecified atom stereocenters. The lowest BCUT2D eigenvalue weighted by Crippen LogP contribution is -2.17. The number of fused-ring (bicyclic) bond motifs is 1. The van der Waals surface area contributed by atoms with Gasteiger partial charge in [-0.25, -0.2) is 0 Å². The average molecular weight is 160 g/mol. The Labute approximate surface area is 70.5 Å². The van der Waals surface area contributed by atoms with E-state index in [0.29, 0.717) is 0 Å². The van der Waals surface area contributed by atoms with E-state index in [4.69, 9.17) is 4.74 Å². The van der Waals surface area contributed by atoms with Crippen molar-refractivity contribution >= 4 is 12.4 Å². The van der Waals surface area contributed by atoms with Gasteiger partial charge in [0, 0.05) is 5.56 Å². The van der Waals surface area contributed by atoms with Crippen molar-refractivity contribution < 1.29 is 9.53 Å². The lowest BCUT2D eigenvalue weighted by molar-refractivity contribution is -0.112. The molecular weight excluding hydrogens is 152 g/mol. The highest BCUT2D eigenvalue weighted by Crippen LogP contribution is 2.24. The van der Waals surface area contributed by atoms with Crippen molar-refractivity contribution in [2.45, 2.75) is 6.10 Å². The Balaban J connectivity index is 2.39. The second-order valence-corrected chi connectivity index (χ2v) is 2.62. The molecule has 0 radical (unpaired) electrons. The summed E-state index contributed by atoms with van der Waals surface area (Å²) in [5.74, 6) is 0.775. The quantitative estimate of drug-likeness (QED) is 0.584. The van der Waals surface area contributed by atoms with Gasteiger partial charge in [-0.3, -0.25) is 4.79 Å². The summed E-state index contributed by atoms with van der Waals surface area (Å²) in [6.45, 7) is 0. The molecule has 1 atom stereocenters. The van der Waals surface area contributed by atoms with Gasteiger partial charge in [0.2, 0.25) is 0 Å². The molecule has 1 heterocycles. The van der Waals surface area contributed by atoms with Crippen LogP contribution in [0.3, 0.4) is 0 Å². The fourth-order valence-electron chi connectivity index (χ4n) is 1.18. The molecule has 2 rings (SSSR count). The Morgan fingerprint density at radius 3 is 3.00 bits per heavy atom. The Kier molecular flexibility index (Phi) is 1.67. The molecule has 2 nitrogen and oxygen atoms in total. The lowest BCUT2D eigenvalue weighted by Gasteiger charge is -2.16. The number of benzene rings is 1. The molecule has 12 heavy (non-hydrogen) atoms. The summed E-state index contributed by atoms with van der Waals surface area (Å²) < 4.78 is 5.33. The van der Waals surface area contributed by atoms with Gasteiger partial charge in [0.1, 0.15) is 5.75 Å². The van der Waals surface area contributed by atoms with E-state index in [2.05, 4.69) is 0 Å². The predicted octanol–water partition coefficient (Wildman–Crippen LogP) is 1.66. The van der Waals surface area contributed by atoms with Crippen LogP contribution in [0.15, 0.2) is 30.3 Å². The number of hydrogen-bond acceptors (Lipinski definition) is 2. The molecule has 0 fully saturated rings. The maximum Gasteiger partial charge on any atom is 0.172 e. The minimum Gasteiger partial charge on any atom is -0.478 e. The molecule has 1 aliphatic heterocycles. The van der Waals surface area contributed by atoms with Crippen molar-refractivity contribution in [3.63, 3.8) is 0 Å². The van der Waals surface area contributed by atoms with Crippen LogP contribution in [-0.4, -0.2) is 12.4 Å². The van der Waals surface area contributed by atoms with Crippen LogP contribution in [-0.2, 0) is 4.79 Å². The summed E-state index contributed by atoms with van der Waals surface area (Å²) in [6, 6.07) is 7.63. The van der Waals surface area contributed by atoms with Crippen LogP contribution in [0.2, 0.25) is 0 Å². The maximum absolute atomic E-state index is 10.4. The number of hydrogen-bond donors (Lipinski definition) is 0. The van der Waals surface area contributed by atoms with Crippen LogP contribution in [0.5, 0.6) is 5.75 Å². The van der Waals surface area contributed by atoms with Crippen molar-refractivity contribution in [2.24, 2.45) is 0 Å². The SMILES string of the molecule is O=CC1C=Cc2ccccc2O1.